The summed E-state index contributed by atoms with van der Waals surface area (Å²) in [6.07, 6.45) is 0. The zero-order chi connectivity index (χ0) is 33.4. The van der Waals surface area contributed by atoms with Crippen LogP contribution in [0.2, 0.25) is 0 Å². The maximum Gasteiger partial charge on any atom is 0.193 e. The van der Waals surface area contributed by atoms with Crippen molar-refractivity contribution in [3.05, 3.63) is 163 Å². The van der Waals surface area contributed by atoms with Crippen molar-refractivity contribution in [3.63, 3.8) is 0 Å². The molecule has 0 aromatic heterocycles. The summed E-state index contributed by atoms with van der Waals surface area (Å²) in [5.41, 5.74) is 16.9. The third-order valence-electron chi connectivity index (χ3n) is 8.84. The molecule has 2 nitrogen and oxygen atoms in total. The van der Waals surface area contributed by atoms with E-state index in [2.05, 4.69) is 106 Å². The molecule has 0 atom stereocenters. The van der Waals surface area contributed by atoms with E-state index in [0.29, 0.717) is 0 Å². The number of benzene rings is 5. The van der Waals surface area contributed by atoms with Crippen LogP contribution in [0.25, 0.3) is 0 Å². The Hall–Kier alpha value is -4.43. The van der Waals surface area contributed by atoms with Crippen molar-refractivity contribution in [1.29, 1.82) is 0 Å². The van der Waals surface area contributed by atoms with E-state index >= 15 is 0 Å². The highest BCUT2D eigenvalue weighted by Crippen LogP contribution is 2.25. The van der Waals surface area contributed by atoms with E-state index in [-0.39, 0.29) is 5.78 Å². The second-order valence-corrected chi connectivity index (χ2v) is 12.5. The normalized spacial score (nSPS) is 10.3. The minimum Gasteiger partial charge on any atom is -0.457 e. The number of hydrogen-bond acceptors (Lipinski definition) is 2. The molecule has 5 rings (SSSR count). The second kappa shape index (κ2) is 15.5. The molecular weight excluding hydrogens is 548 g/mol. The van der Waals surface area contributed by atoms with Crippen LogP contribution < -0.4 is 4.74 Å². The molecule has 0 aliphatic heterocycles. The predicted molar refractivity (Wildman–Crippen MR) is 193 cm³/mol. The lowest BCUT2D eigenvalue weighted by Gasteiger charge is -2.09. The van der Waals surface area contributed by atoms with Crippen molar-refractivity contribution >= 4 is 5.78 Å². The summed E-state index contributed by atoms with van der Waals surface area (Å²) >= 11 is 0. The number of ketones is 1. The van der Waals surface area contributed by atoms with Crippen molar-refractivity contribution in [2.45, 2.75) is 83.1 Å². The predicted octanol–water partition coefficient (Wildman–Crippen LogP) is 11.8. The van der Waals surface area contributed by atoms with Crippen molar-refractivity contribution in [1.82, 2.24) is 0 Å². The summed E-state index contributed by atoms with van der Waals surface area (Å²) in [5, 5.41) is 0. The maximum atomic E-state index is 12.4. The molecule has 0 N–H and O–H groups in total. The van der Waals surface area contributed by atoms with E-state index in [1.165, 1.54) is 55.6 Å². The fourth-order valence-electron chi connectivity index (χ4n) is 4.73. The summed E-state index contributed by atoms with van der Waals surface area (Å²) in [7, 11) is 0. The average Bonchev–Trinajstić information content (AvgIpc) is 2.99. The Morgan fingerprint density at radius 1 is 0.333 bits per heavy atom. The zero-order valence-electron chi connectivity index (χ0n) is 29.4. The number of carbonyl (C=O) groups is 1. The molecule has 5 aromatic carbocycles. The largest absolute Gasteiger partial charge is 0.457 e. The Bertz CT molecular complexity index is 1650. The van der Waals surface area contributed by atoms with E-state index in [0.717, 1.165) is 33.8 Å². The van der Waals surface area contributed by atoms with Gasteiger partial charge < -0.3 is 4.74 Å². The Morgan fingerprint density at radius 2 is 0.600 bits per heavy atom. The van der Waals surface area contributed by atoms with Gasteiger partial charge >= 0.3 is 0 Å². The highest BCUT2D eigenvalue weighted by atomic mass is 16.5. The van der Waals surface area contributed by atoms with Gasteiger partial charge in [-0.3, -0.25) is 4.79 Å². The molecule has 0 saturated heterocycles. The SMILES string of the molecule is Cc1cc(C)c(C)cc1C.Cc1ccc(C(=O)c2ccc(C)c(C)c2)cc1C.Cc1ccc(Oc2ccc(C)c(C)c2)cc1C. The van der Waals surface area contributed by atoms with Crippen molar-refractivity contribution < 1.29 is 9.53 Å². The third-order valence-corrected chi connectivity index (χ3v) is 8.84. The van der Waals surface area contributed by atoms with Gasteiger partial charge in [0.25, 0.3) is 0 Å². The van der Waals surface area contributed by atoms with E-state index in [1.54, 1.807) is 0 Å². The van der Waals surface area contributed by atoms with E-state index in [4.69, 9.17) is 4.74 Å². The molecule has 0 fully saturated rings. The van der Waals surface area contributed by atoms with Crippen LogP contribution in [0.4, 0.5) is 0 Å². The van der Waals surface area contributed by atoms with Gasteiger partial charge in [0, 0.05) is 11.1 Å². The first-order valence-corrected chi connectivity index (χ1v) is 15.7. The van der Waals surface area contributed by atoms with Crippen LogP contribution in [-0.4, -0.2) is 5.78 Å². The molecule has 0 aliphatic rings. The van der Waals surface area contributed by atoms with Crippen LogP contribution >= 0.6 is 0 Å². The molecule has 0 unspecified atom stereocenters. The van der Waals surface area contributed by atoms with E-state index in [1.807, 2.05) is 62.4 Å². The standard InChI is InChI=1S/C17H18O.C16H18O.C10H14/c1-11-5-7-15(9-13(11)3)17(18)16-8-6-12(2)14(4)10-16;1-11-5-7-15(9-13(11)3)17-16-8-6-12(2)14(4)10-16;1-7-5-9(3)10(4)6-8(7)2/h5-10H,1-4H3;5-10H,1-4H3;5-6H,1-4H3. The number of rotatable bonds is 4. The lowest BCUT2D eigenvalue weighted by molar-refractivity contribution is 0.103. The monoisotopic (exact) mass is 598 g/mol. The van der Waals surface area contributed by atoms with Gasteiger partial charge in [0.15, 0.2) is 5.78 Å². The van der Waals surface area contributed by atoms with Gasteiger partial charge in [-0.2, -0.15) is 0 Å². The minimum atomic E-state index is 0.0983. The van der Waals surface area contributed by atoms with Gasteiger partial charge in [-0.25, -0.2) is 0 Å². The van der Waals surface area contributed by atoms with E-state index in [9.17, 15) is 4.79 Å². The van der Waals surface area contributed by atoms with Crippen LogP contribution in [0.1, 0.15) is 82.7 Å². The molecule has 0 amide bonds. The topological polar surface area (TPSA) is 26.3 Å². The highest BCUT2D eigenvalue weighted by Gasteiger charge is 2.10. The van der Waals surface area contributed by atoms with Gasteiger partial charge in [-0.05, 0) is 186 Å². The van der Waals surface area contributed by atoms with Crippen molar-refractivity contribution in [2.75, 3.05) is 0 Å². The minimum absolute atomic E-state index is 0.0983. The van der Waals surface area contributed by atoms with Crippen LogP contribution in [-0.2, 0) is 0 Å². The number of aryl methyl sites for hydroxylation is 12. The van der Waals surface area contributed by atoms with Gasteiger partial charge in [-0.15, -0.1) is 0 Å². The first kappa shape index (κ1) is 35.1. The number of ether oxygens (including phenoxy) is 1. The van der Waals surface area contributed by atoms with Crippen LogP contribution in [0.15, 0.2) is 84.9 Å². The summed E-state index contributed by atoms with van der Waals surface area (Å²) in [6, 6.07) is 28.6. The van der Waals surface area contributed by atoms with Crippen LogP contribution in [0, 0.1) is 83.1 Å². The fourth-order valence-corrected chi connectivity index (χ4v) is 4.73. The quantitative estimate of drug-likeness (QED) is 0.192. The highest BCUT2D eigenvalue weighted by molar-refractivity contribution is 6.09. The molecule has 0 heterocycles. The molecule has 45 heavy (non-hydrogen) atoms. The molecule has 234 valence electrons. The summed E-state index contributed by atoms with van der Waals surface area (Å²) < 4.78 is 5.85. The summed E-state index contributed by atoms with van der Waals surface area (Å²) in [6.45, 7) is 25.2. The molecule has 0 aliphatic carbocycles. The Labute approximate surface area is 272 Å². The van der Waals surface area contributed by atoms with Gasteiger partial charge in [0.05, 0.1) is 0 Å². The Morgan fingerprint density at radius 3 is 0.889 bits per heavy atom. The fraction of sp³-hybridized carbons (Fsp3) is 0.279. The third kappa shape index (κ3) is 9.78. The molecule has 0 spiro atoms. The number of carbonyl (C=O) groups excluding carboxylic acids is 1. The lowest BCUT2D eigenvalue weighted by Crippen LogP contribution is -2.03. The van der Waals surface area contributed by atoms with Gasteiger partial charge in [0.2, 0.25) is 0 Å². The molecule has 0 radical (unpaired) electrons. The summed E-state index contributed by atoms with van der Waals surface area (Å²) in [4.78, 5) is 12.4. The van der Waals surface area contributed by atoms with Crippen molar-refractivity contribution in [3.8, 4) is 11.5 Å². The molecular formula is C43H50O2. The Balaban J connectivity index is 0.000000192. The van der Waals surface area contributed by atoms with Gasteiger partial charge in [-0.1, -0.05) is 48.5 Å². The average molecular weight is 599 g/mol. The van der Waals surface area contributed by atoms with Crippen LogP contribution in [0.3, 0.4) is 0 Å². The molecule has 5 aromatic rings. The maximum absolute atomic E-state index is 12.4. The van der Waals surface area contributed by atoms with Crippen LogP contribution in [0.5, 0.6) is 11.5 Å². The first-order valence-electron chi connectivity index (χ1n) is 15.7. The van der Waals surface area contributed by atoms with Gasteiger partial charge in [0.1, 0.15) is 11.5 Å². The molecule has 0 bridgehead atoms. The molecule has 2 heteroatoms. The second-order valence-electron chi connectivity index (χ2n) is 12.5. The van der Waals surface area contributed by atoms with E-state index < -0.39 is 0 Å². The number of hydrogen-bond donors (Lipinski definition) is 0. The molecule has 0 saturated carbocycles. The van der Waals surface area contributed by atoms with Crippen molar-refractivity contribution in [2.24, 2.45) is 0 Å². The smallest absolute Gasteiger partial charge is 0.193 e. The Kier molecular flexibility index (Phi) is 12.1. The zero-order valence-corrected chi connectivity index (χ0v) is 29.4. The summed E-state index contributed by atoms with van der Waals surface area (Å²) in [5.74, 6) is 1.90. The first-order chi connectivity index (χ1) is 21.2. The lowest BCUT2D eigenvalue weighted by atomic mass is 9.97.